The first-order chi connectivity index (χ1) is 16.6. The number of fused-ring (bicyclic) bond motifs is 3. The lowest BCUT2D eigenvalue weighted by Gasteiger charge is -2.24. The van der Waals surface area contributed by atoms with Crippen LogP contribution in [0.2, 0.25) is 6.55 Å². The number of pyridine rings is 2. The zero-order valence-corrected chi connectivity index (χ0v) is 19.2. The van der Waals surface area contributed by atoms with Gasteiger partial charge in [0.1, 0.15) is 5.75 Å². The molecule has 6 rings (SSSR count). The van der Waals surface area contributed by atoms with Gasteiger partial charge in [-0.25, -0.2) is 4.98 Å². The fourth-order valence-corrected chi connectivity index (χ4v) is 8.77. The van der Waals surface area contributed by atoms with E-state index < -0.39 is 8.07 Å². The highest BCUT2D eigenvalue weighted by Crippen LogP contribution is 2.32. The average molecular weight is 444 g/mol. The van der Waals surface area contributed by atoms with E-state index in [1.165, 1.54) is 21.5 Å². The number of rotatable bonds is 4. The Bertz CT molecular complexity index is 1520. The van der Waals surface area contributed by atoms with E-state index in [1.807, 2.05) is 36.4 Å². The molecule has 0 saturated heterocycles. The van der Waals surface area contributed by atoms with Gasteiger partial charge in [-0.3, -0.25) is 4.98 Å². The topological polar surface area (TPSA) is 35.0 Å². The van der Waals surface area contributed by atoms with Crippen LogP contribution in [-0.2, 0) is 0 Å². The standard InChI is InChI=1S/C29H22N2OSi/c1-33(29-14-5-7-18-31-29)26-12-3-2-11-24(26)25-16-15-22(20-27(25)33)21-9-8-10-23(19-21)32-28-13-4-6-17-30-28/h2-20H,1H3/i18D. The second-order valence-corrected chi connectivity index (χ2v) is 12.2. The molecule has 1 atom stereocenters. The van der Waals surface area contributed by atoms with Gasteiger partial charge in [0.2, 0.25) is 5.88 Å². The van der Waals surface area contributed by atoms with Crippen LogP contribution in [0, 0.1) is 0 Å². The Morgan fingerprint density at radius 2 is 1.52 bits per heavy atom. The minimum Gasteiger partial charge on any atom is -0.439 e. The second kappa shape index (κ2) is 7.83. The molecule has 1 aliphatic rings. The molecule has 3 aromatic carbocycles. The molecule has 0 fully saturated rings. The van der Waals surface area contributed by atoms with Crippen molar-refractivity contribution < 1.29 is 6.11 Å². The molecule has 33 heavy (non-hydrogen) atoms. The minimum absolute atomic E-state index is 0.313. The molecule has 158 valence electrons. The van der Waals surface area contributed by atoms with Crippen LogP contribution in [0.4, 0.5) is 0 Å². The molecule has 0 radical (unpaired) electrons. The molecule has 1 aliphatic heterocycles. The van der Waals surface area contributed by atoms with Crippen molar-refractivity contribution in [1.82, 2.24) is 9.97 Å². The van der Waals surface area contributed by atoms with Gasteiger partial charge in [-0.15, -0.1) is 0 Å². The summed E-state index contributed by atoms with van der Waals surface area (Å²) < 4.78 is 14.1. The lowest BCUT2D eigenvalue weighted by atomic mass is 10.0. The van der Waals surface area contributed by atoms with Crippen molar-refractivity contribution in [2.24, 2.45) is 0 Å². The molecule has 0 amide bonds. The van der Waals surface area contributed by atoms with Crippen molar-refractivity contribution in [1.29, 1.82) is 0 Å². The van der Waals surface area contributed by atoms with Crippen molar-refractivity contribution in [3.05, 3.63) is 115 Å². The van der Waals surface area contributed by atoms with E-state index in [0.717, 1.165) is 22.2 Å². The summed E-state index contributed by atoms with van der Waals surface area (Å²) in [5.74, 6) is 1.33. The normalized spacial score (nSPS) is 16.6. The molecule has 0 spiro atoms. The summed E-state index contributed by atoms with van der Waals surface area (Å²) in [6.45, 7) is 2.35. The summed E-state index contributed by atoms with van der Waals surface area (Å²) in [6.07, 6.45) is 2.04. The minimum atomic E-state index is -2.35. The van der Waals surface area contributed by atoms with E-state index >= 15 is 0 Å². The number of hydrogen-bond donors (Lipinski definition) is 0. The average Bonchev–Trinajstić information content (AvgIpc) is 3.14. The number of aromatic nitrogens is 2. The Balaban J connectivity index is 1.47. The molecule has 3 heterocycles. The van der Waals surface area contributed by atoms with Crippen LogP contribution in [0.25, 0.3) is 22.3 Å². The summed E-state index contributed by atoms with van der Waals surface area (Å²) in [7, 11) is -2.35. The molecule has 0 saturated carbocycles. The van der Waals surface area contributed by atoms with Crippen molar-refractivity contribution in [2.75, 3.05) is 0 Å². The van der Waals surface area contributed by atoms with E-state index in [1.54, 1.807) is 12.3 Å². The maximum absolute atomic E-state index is 8.14. The van der Waals surface area contributed by atoms with E-state index in [4.69, 9.17) is 6.11 Å². The molecule has 0 bridgehead atoms. The monoisotopic (exact) mass is 443 g/mol. The van der Waals surface area contributed by atoms with Crippen LogP contribution in [-0.4, -0.2) is 18.0 Å². The van der Waals surface area contributed by atoms with Crippen LogP contribution in [0.3, 0.4) is 0 Å². The van der Waals surface area contributed by atoms with Crippen LogP contribution in [0.15, 0.2) is 115 Å². The van der Waals surface area contributed by atoms with Gasteiger partial charge >= 0.3 is 0 Å². The van der Waals surface area contributed by atoms with Gasteiger partial charge in [0.05, 0.1) is 1.37 Å². The van der Waals surface area contributed by atoms with Gasteiger partial charge in [0.25, 0.3) is 0 Å². The van der Waals surface area contributed by atoms with Gasteiger partial charge in [0.15, 0.2) is 8.07 Å². The summed E-state index contributed by atoms with van der Waals surface area (Å²) in [4.78, 5) is 8.96. The number of benzene rings is 3. The van der Waals surface area contributed by atoms with Crippen LogP contribution in [0.1, 0.15) is 1.37 Å². The van der Waals surface area contributed by atoms with Crippen molar-refractivity contribution >= 4 is 23.8 Å². The predicted molar refractivity (Wildman–Crippen MR) is 136 cm³/mol. The number of nitrogens with zero attached hydrogens (tertiary/aromatic N) is 2. The van der Waals surface area contributed by atoms with Crippen molar-refractivity contribution in [3.8, 4) is 33.9 Å². The first-order valence-electron chi connectivity index (χ1n) is 11.5. The molecular formula is C29H22N2OSi. The molecule has 1 unspecified atom stereocenters. The lowest BCUT2D eigenvalue weighted by molar-refractivity contribution is 0.463. The van der Waals surface area contributed by atoms with Crippen LogP contribution in [0.5, 0.6) is 11.6 Å². The van der Waals surface area contributed by atoms with E-state index in [0.29, 0.717) is 12.1 Å². The van der Waals surface area contributed by atoms with Crippen molar-refractivity contribution in [2.45, 2.75) is 6.55 Å². The predicted octanol–water partition coefficient (Wildman–Crippen LogP) is 5.02. The first-order valence-corrected chi connectivity index (χ1v) is 13.5. The highest BCUT2D eigenvalue weighted by atomic mass is 28.3. The quantitative estimate of drug-likeness (QED) is 0.366. The largest absolute Gasteiger partial charge is 0.439 e. The molecule has 5 aromatic rings. The lowest BCUT2D eigenvalue weighted by Crippen LogP contribution is -2.63. The Labute approximate surface area is 195 Å². The molecule has 3 nitrogen and oxygen atoms in total. The Kier molecular flexibility index (Phi) is 4.40. The molecule has 2 aromatic heterocycles. The Hall–Kier alpha value is -4.02. The maximum atomic E-state index is 8.14. The van der Waals surface area contributed by atoms with Gasteiger partial charge in [-0.1, -0.05) is 73.3 Å². The first kappa shape index (κ1) is 18.5. The fourth-order valence-electron chi connectivity index (χ4n) is 4.82. The second-order valence-electron chi connectivity index (χ2n) is 8.38. The van der Waals surface area contributed by atoms with Crippen molar-refractivity contribution in [3.63, 3.8) is 0 Å². The number of hydrogen-bond acceptors (Lipinski definition) is 3. The van der Waals surface area contributed by atoms with Crippen LogP contribution >= 0.6 is 0 Å². The van der Waals surface area contributed by atoms with Gasteiger partial charge in [-0.2, -0.15) is 0 Å². The van der Waals surface area contributed by atoms with Gasteiger partial charge in [0, 0.05) is 23.8 Å². The Morgan fingerprint density at radius 3 is 2.39 bits per heavy atom. The summed E-state index contributed by atoms with van der Waals surface area (Å²) in [5, 5.41) is 3.71. The van der Waals surface area contributed by atoms with Gasteiger partial charge in [-0.05, 0) is 63.0 Å². The zero-order valence-electron chi connectivity index (χ0n) is 19.2. The molecule has 0 aliphatic carbocycles. The van der Waals surface area contributed by atoms with Gasteiger partial charge < -0.3 is 4.74 Å². The Morgan fingerprint density at radius 1 is 0.697 bits per heavy atom. The highest BCUT2D eigenvalue weighted by molar-refractivity contribution is 7.13. The highest BCUT2D eigenvalue weighted by Gasteiger charge is 2.44. The maximum Gasteiger partial charge on any atom is 0.219 e. The third-order valence-corrected chi connectivity index (χ3v) is 10.8. The summed E-state index contributed by atoms with van der Waals surface area (Å²) in [5.41, 5.74) is 4.78. The van der Waals surface area contributed by atoms with E-state index in [2.05, 4.69) is 77.2 Å². The third kappa shape index (κ3) is 3.27. The SMILES string of the molecule is [2H]c1cccc([Si]2(C)c3ccccc3-c3ccc(-c4cccc(Oc5ccccn5)c4)cc32)n1. The third-order valence-electron chi connectivity index (χ3n) is 6.46. The summed E-state index contributed by atoms with van der Waals surface area (Å²) >= 11 is 0. The van der Waals surface area contributed by atoms with Crippen LogP contribution < -0.4 is 20.4 Å². The number of ether oxygens (including phenoxy) is 1. The zero-order chi connectivity index (χ0) is 23.1. The molecule has 4 heteroatoms. The summed E-state index contributed by atoms with van der Waals surface area (Å²) in [6, 6.07) is 34.9. The van der Waals surface area contributed by atoms with E-state index in [9.17, 15) is 0 Å². The van der Waals surface area contributed by atoms with E-state index in [-0.39, 0.29) is 0 Å². The molecular weight excluding hydrogens is 420 g/mol. The smallest absolute Gasteiger partial charge is 0.219 e. The fraction of sp³-hybridized carbons (Fsp3) is 0.0345. The molecule has 0 N–H and O–H groups in total.